The van der Waals surface area contributed by atoms with E-state index in [-0.39, 0.29) is 0 Å². The molecular weight excluding hydrogens is 212 g/mol. The molecule has 17 heavy (non-hydrogen) atoms. The number of nitrogens with zero attached hydrogens (tertiary/aromatic N) is 1. The SMILES string of the molecule is O=Cc1nc2ccc(-c3ccccc3)cc2[nH]1. The van der Waals surface area contributed by atoms with Crippen molar-refractivity contribution >= 4 is 17.3 Å². The van der Waals surface area contributed by atoms with Gasteiger partial charge in [0.1, 0.15) is 0 Å². The lowest BCUT2D eigenvalue weighted by Crippen LogP contribution is -1.79. The number of hydrogen-bond donors (Lipinski definition) is 1. The van der Waals surface area contributed by atoms with Gasteiger partial charge in [0.25, 0.3) is 0 Å². The lowest BCUT2D eigenvalue weighted by molar-refractivity contribution is 0.111. The number of hydrogen-bond acceptors (Lipinski definition) is 2. The zero-order chi connectivity index (χ0) is 11.7. The summed E-state index contributed by atoms with van der Waals surface area (Å²) in [6.07, 6.45) is 0.724. The molecule has 1 aromatic heterocycles. The van der Waals surface area contributed by atoms with Crippen molar-refractivity contribution in [1.82, 2.24) is 9.97 Å². The van der Waals surface area contributed by atoms with Gasteiger partial charge in [0, 0.05) is 0 Å². The quantitative estimate of drug-likeness (QED) is 0.677. The van der Waals surface area contributed by atoms with Crippen LogP contribution in [0.1, 0.15) is 10.6 Å². The van der Waals surface area contributed by atoms with Gasteiger partial charge in [-0.05, 0) is 23.3 Å². The van der Waals surface area contributed by atoms with E-state index in [1.807, 2.05) is 36.4 Å². The van der Waals surface area contributed by atoms with Gasteiger partial charge >= 0.3 is 0 Å². The molecule has 3 nitrogen and oxygen atoms in total. The van der Waals surface area contributed by atoms with Crippen molar-refractivity contribution < 1.29 is 4.79 Å². The maximum absolute atomic E-state index is 10.6. The summed E-state index contributed by atoms with van der Waals surface area (Å²) in [5.41, 5.74) is 3.95. The van der Waals surface area contributed by atoms with Crippen molar-refractivity contribution in [3.8, 4) is 11.1 Å². The molecule has 0 spiro atoms. The molecule has 0 saturated heterocycles. The van der Waals surface area contributed by atoms with E-state index < -0.39 is 0 Å². The van der Waals surface area contributed by atoms with Crippen LogP contribution in [0.15, 0.2) is 48.5 Å². The molecule has 1 heterocycles. The predicted octanol–water partition coefficient (Wildman–Crippen LogP) is 3.04. The Morgan fingerprint density at radius 3 is 2.59 bits per heavy atom. The fourth-order valence-corrected chi connectivity index (χ4v) is 1.90. The average Bonchev–Trinajstić information content (AvgIpc) is 2.81. The van der Waals surface area contributed by atoms with Gasteiger partial charge in [-0.2, -0.15) is 0 Å². The van der Waals surface area contributed by atoms with Crippen molar-refractivity contribution in [2.45, 2.75) is 0 Å². The molecule has 0 unspecified atom stereocenters. The van der Waals surface area contributed by atoms with E-state index in [9.17, 15) is 4.79 Å². The smallest absolute Gasteiger partial charge is 0.185 e. The van der Waals surface area contributed by atoms with E-state index in [1.54, 1.807) is 0 Å². The average molecular weight is 222 g/mol. The van der Waals surface area contributed by atoms with Crippen LogP contribution in [0.3, 0.4) is 0 Å². The molecule has 0 aliphatic carbocycles. The largest absolute Gasteiger partial charge is 0.336 e. The molecule has 0 radical (unpaired) electrons. The van der Waals surface area contributed by atoms with E-state index >= 15 is 0 Å². The third-order valence-electron chi connectivity index (χ3n) is 2.72. The molecule has 0 fully saturated rings. The van der Waals surface area contributed by atoms with E-state index in [4.69, 9.17) is 0 Å². The van der Waals surface area contributed by atoms with Crippen LogP contribution in [-0.2, 0) is 0 Å². The van der Waals surface area contributed by atoms with E-state index in [1.165, 1.54) is 0 Å². The highest BCUT2D eigenvalue weighted by Crippen LogP contribution is 2.22. The fourth-order valence-electron chi connectivity index (χ4n) is 1.90. The first-order chi connectivity index (χ1) is 8.36. The topological polar surface area (TPSA) is 45.8 Å². The number of nitrogens with one attached hydrogen (secondary N) is 1. The molecule has 1 N–H and O–H groups in total. The number of carbonyl (C=O) groups excluding carboxylic acids is 1. The highest BCUT2D eigenvalue weighted by atomic mass is 16.1. The van der Waals surface area contributed by atoms with E-state index in [2.05, 4.69) is 22.1 Å². The van der Waals surface area contributed by atoms with Crippen LogP contribution in [-0.4, -0.2) is 16.3 Å². The lowest BCUT2D eigenvalue weighted by atomic mass is 10.1. The Morgan fingerprint density at radius 2 is 1.82 bits per heavy atom. The number of carbonyl (C=O) groups is 1. The van der Waals surface area contributed by atoms with Crippen molar-refractivity contribution in [2.75, 3.05) is 0 Å². The Balaban J connectivity index is 2.16. The first-order valence-electron chi connectivity index (χ1n) is 5.37. The summed E-state index contributed by atoms with van der Waals surface area (Å²) < 4.78 is 0. The number of rotatable bonds is 2. The first kappa shape index (κ1) is 9.78. The first-order valence-corrected chi connectivity index (χ1v) is 5.37. The summed E-state index contributed by atoms with van der Waals surface area (Å²) in [5, 5.41) is 0. The Morgan fingerprint density at radius 1 is 1.00 bits per heavy atom. The van der Waals surface area contributed by atoms with Gasteiger partial charge in [-0.1, -0.05) is 36.4 Å². The van der Waals surface area contributed by atoms with Gasteiger partial charge in [0.15, 0.2) is 12.1 Å². The number of aromatic nitrogens is 2. The number of benzene rings is 2. The van der Waals surface area contributed by atoms with Crippen LogP contribution in [0.4, 0.5) is 0 Å². The molecule has 3 aromatic rings. The highest BCUT2D eigenvalue weighted by molar-refractivity contribution is 5.85. The van der Waals surface area contributed by atoms with Gasteiger partial charge in [-0.25, -0.2) is 4.98 Å². The van der Waals surface area contributed by atoms with Gasteiger partial charge < -0.3 is 4.98 Å². The molecular formula is C14H10N2O. The summed E-state index contributed by atoms with van der Waals surface area (Å²) >= 11 is 0. The summed E-state index contributed by atoms with van der Waals surface area (Å²) in [4.78, 5) is 17.8. The summed E-state index contributed by atoms with van der Waals surface area (Å²) in [5.74, 6) is 0.366. The van der Waals surface area contributed by atoms with Crippen molar-refractivity contribution in [1.29, 1.82) is 0 Å². The predicted molar refractivity (Wildman–Crippen MR) is 66.9 cm³/mol. The Bertz CT molecular complexity index is 671. The van der Waals surface area contributed by atoms with Gasteiger partial charge in [0.05, 0.1) is 11.0 Å². The lowest BCUT2D eigenvalue weighted by Gasteiger charge is -2.00. The van der Waals surface area contributed by atoms with Crippen LogP contribution >= 0.6 is 0 Å². The second-order valence-electron chi connectivity index (χ2n) is 3.84. The van der Waals surface area contributed by atoms with E-state index in [0.717, 1.165) is 28.4 Å². The van der Waals surface area contributed by atoms with Gasteiger partial charge in [-0.3, -0.25) is 4.79 Å². The van der Waals surface area contributed by atoms with Crippen LogP contribution in [0.2, 0.25) is 0 Å². The normalized spacial score (nSPS) is 10.6. The minimum Gasteiger partial charge on any atom is -0.336 e. The van der Waals surface area contributed by atoms with Crippen LogP contribution in [0.5, 0.6) is 0 Å². The van der Waals surface area contributed by atoms with E-state index in [0.29, 0.717) is 5.82 Å². The summed E-state index contributed by atoms with van der Waals surface area (Å²) in [6, 6.07) is 16.0. The molecule has 2 aromatic carbocycles. The van der Waals surface area contributed by atoms with Crippen LogP contribution < -0.4 is 0 Å². The molecule has 0 saturated carbocycles. The maximum atomic E-state index is 10.6. The Kier molecular flexibility index (Phi) is 2.22. The standard InChI is InChI=1S/C14H10N2O/c17-9-14-15-12-7-6-11(8-13(12)16-14)10-4-2-1-3-5-10/h1-9H,(H,15,16). The van der Waals surface area contributed by atoms with Crippen LogP contribution in [0, 0.1) is 0 Å². The van der Waals surface area contributed by atoms with Crippen LogP contribution in [0.25, 0.3) is 22.2 Å². The molecule has 0 atom stereocenters. The van der Waals surface area contributed by atoms with Crippen molar-refractivity contribution in [3.05, 3.63) is 54.4 Å². The zero-order valence-electron chi connectivity index (χ0n) is 9.05. The Labute approximate surface area is 98.1 Å². The molecule has 82 valence electrons. The Hall–Kier alpha value is -2.42. The minimum atomic E-state index is 0.366. The maximum Gasteiger partial charge on any atom is 0.185 e. The monoisotopic (exact) mass is 222 g/mol. The highest BCUT2D eigenvalue weighted by Gasteiger charge is 2.03. The molecule has 3 heteroatoms. The van der Waals surface area contributed by atoms with Gasteiger partial charge in [0.2, 0.25) is 0 Å². The second kappa shape index (κ2) is 3.87. The third-order valence-corrected chi connectivity index (χ3v) is 2.72. The molecule has 0 aliphatic rings. The molecule has 0 aliphatic heterocycles. The number of H-pyrrole nitrogens is 1. The van der Waals surface area contributed by atoms with Crippen molar-refractivity contribution in [2.24, 2.45) is 0 Å². The zero-order valence-corrected chi connectivity index (χ0v) is 9.05. The number of fused-ring (bicyclic) bond motifs is 1. The second-order valence-corrected chi connectivity index (χ2v) is 3.84. The molecule has 0 amide bonds. The summed E-state index contributed by atoms with van der Waals surface area (Å²) in [7, 11) is 0. The number of aromatic amines is 1. The van der Waals surface area contributed by atoms with Gasteiger partial charge in [-0.15, -0.1) is 0 Å². The fraction of sp³-hybridized carbons (Fsp3) is 0. The third kappa shape index (κ3) is 1.72. The minimum absolute atomic E-state index is 0.366. The number of aldehydes is 1. The molecule has 3 rings (SSSR count). The van der Waals surface area contributed by atoms with Crippen molar-refractivity contribution in [3.63, 3.8) is 0 Å². The number of imidazole rings is 1. The molecule has 0 bridgehead atoms. The summed E-state index contributed by atoms with van der Waals surface area (Å²) in [6.45, 7) is 0.